The summed E-state index contributed by atoms with van der Waals surface area (Å²) in [5, 5.41) is 97.9. The van der Waals surface area contributed by atoms with Crippen LogP contribution in [0.25, 0.3) is 0 Å². The van der Waals surface area contributed by atoms with Gasteiger partial charge in [0.2, 0.25) is 0 Å². The van der Waals surface area contributed by atoms with Gasteiger partial charge in [0.05, 0.1) is 25.2 Å². The van der Waals surface area contributed by atoms with Crippen LogP contribution in [0.3, 0.4) is 0 Å². The lowest BCUT2D eigenvalue weighted by Crippen LogP contribution is -2.69. The lowest BCUT2D eigenvalue weighted by molar-refractivity contribution is -0.333. The van der Waals surface area contributed by atoms with Crippen molar-refractivity contribution in [3.8, 4) is 0 Å². The van der Waals surface area contributed by atoms with Gasteiger partial charge in [0.15, 0.2) is 12.6 Å². The number of nitrogens with two attached hydrogens (primary N) is 3. The Hall–Kier alpha value is -1.41. The van der Waals surface area contributed by atoms with Crippen molar-refractivity contribution in [3.05, 3.63) is 0 Å². The number of aliphatic hydroxyl groups excluding tert-OH is 8. The van der Waals surface area contributed by atoms with E-state index in [1.54, 1.807) is 0 Å². The van der Waals surface area contributed by atoms with Crippen LogP contribution in [-0.4, -0.2) is 188 Å². The van der Waals surface area contributed by atoms with E-state index < -0.39 is 104 Å². The number of nitrogens with zero attached hydrogens (tertiary/aromatic N) is 1. The third-order valence-corrected chi connectivity index (χ3v) is 7.95. The van der Waals surface area contributed by atoms with E-state index in [1.165, 1.54) is 0 Å². The molecule has 17 N–H and O–H groups in total. The summed E-state index contributed by atoms with van der Waals surface area (Å²) in [5.41, 5.74) is 17.6. The first-order chi connectivity index (χ1) is 20.9. The molecule has 3 rings (SSSR count). The second-order valence-corrected chi connectivity index (χ2v) is 11.1. The monoisotopic (exact) mass is 644 g/mol. The largest absolute Gasteiger partial charge is 0.396 e. The summed E-state index contributed by atoms with van der Waals surface area (Å²) >= 11 is 0. The highest BCUT2D eigenvalue weighted by Gasteiger charge is 2.52. The highest BCUT2D eigenvalue weighted by Crippen LogP contribution is 2.32. The topological polar surface area (TPSA) is 341 Å². The molecule has 1 saturated carbocycles. The number of rotatable bonds is 13. The standard InChI is InChI=1S/C24H48N6O14/c25-2-4-30(40)24(39)29-10-6-9(26)20(19(38)21(10)44-22-16(35)13(27)14(33)12(8-32)42-22)43-23-18(37)17(36)15(34)11(41-23)7-28-3-1-5-31/h9-23,28,31-38,40H,1-8,25-27H2,(H,29,39). The number of aliphatic hydroxyl groups is 8. The van der Waals surface area contributed by atoms with Crippen molar-refractivity contribution < 1.29 is 69.8 Å². The summed E-state index contributed by atoms with van der Waals surface area (Å²) in [6.07, 6.45) is -18.1. The molecular formula is C24H48N6O14. The second-order valence-electron chi connectivity index (χ2n) is 11.1. The van der Waals surface area contributed by atoms with Gasteiger partial charge in [0.1, 0.15) is 61.0 Å². The minimum absolute atomic E-state index is 0.0133. The normalized spacial score (nSPS) is 43.0. The number of carbonyl (C=O) groups excluding carboxylic acids is 1. The Morgan fingerprint density at radius 2 is 1.50 bits per heavy atom. The molecule has 0 aromatic carbocycles. The number of hydrogen-bond donors (Lipinski definition) is 14. The molecule has 2 heterocycles. The molecular weight excluding hydrogens is 596 g/mol. The first kappa shape index (κ1) is 37.1. The lowest BCUT2D eigenvalue weighted by atomic mass is 9.83. The van der Waals surface area contributed by atoms with Gasteiger partial charge in [-0.15, -0.1) is 0 Å². The maximum Gasteiger partial charge on any atom is 0.341 e. The molecule has 3 fully saturated rings. The van der Waals surface area contributed by atoms with E-state index in [9.17, 15) is 45.7 Å². The Bertz CT molecular complexity index is 883. The summed E-state index contributed by atoms with van der Waals surface area (Å²) in [5.74, 6) is 0. The first-order valence-corrected chi connectivity index (χ1v) is 14.5. The van der Waals surface area contributed by atoms with Crippen LogP contribution in [0, 0.1) is 0 Å². The molecule has 0 aromatic rings. The second kappa shape index (κ2) is 16.9. The van der Waals surface area contributed by atoms with Crippen LogP contribution < -0.4 is 27.8 Å². The summed E-state index contributed by atoms with van der Waals surface area (Å²) in [7, 11) is 0. The smallest absolute Gasteiger partial charge is 0.341 e. The Morgan fingerprint density at radius 1 is 0.864 bits per heavy atom. The zero-order valence-electron chi connectivity index (χ0n) is 24.1. The van der Waals surface area contributed by atoms with Crippen LogP contribution in [0.2, 0.25) is 0 Å². The fourth-order valence-corrected chi connectivity index (χ4v) is 5.38. The van der Waals surface area contributed by atoms with Gasteiger partial charge in [-0.3, -0.25) is 5.21 Å². The van der Waals surface area contributed by atoms with Crippen LogP contribution in [0.4, 0.5) is 4.79 Å². The van der Waals surface area contributed by atoms with Gasteiger partial charge in [-0.2, -0.15) is 0 Å². The van der Waals surface area contributed by atoms with E-state index in [2.05, 4.69) is 10.6 Å². The van der Waals surface area contributed by atoms with Gasteiger partial charge in [-0.25, -0.2) is 9.86 Å². The number of hydrogen-bond acceptors (Lipinski definition) is 18. The van der Waals surface area contributed by atoms with Crippen molar-refractivity contribution >= 4 is 6.03 Å². The van der Waals surface area contributed by atoms with Crippen molar-refractivity contribution in [2.45, 2.75) is 105 Å². The fraction of sp³-hybridized carbons (Fsp3) is 0.958. The van der Waals surface area contributed by atoms with Gasteiger partial charge >= 0.3 is 6.03 Å². The lowest BCUT2D eigenvalue weighted by Gasteiger charge is -2.49. The molecule has 0 spiro atoms. The number of hydroxylamine groups is 2. The highest BCUT2D eigenvalue weighted by molar-refractivity contribution is 5.73. The van der Waals surface area contributed by atoms with E-state index in [-0.39, 0.29) is 32.7 Å². The number of carbonyl (C=O) groups is 1. The number of urea groups is 1. The average Bonchev–Trinajstić information content (AvgIpc) is 2.99. The molecule has 15 atom stereocenters. The van der Waals surface area contributed by atoms with Gasteiger partial charge in [-0.05, 0) is 19.4 Å². The van der Waals surface area contributed by atoms with Gasteiger partial charge in [-0.1, -0.05) is 0 Å². The SMILES string of the molecule is NCCN(O)C(=O)NC1CC(N)C(OC2OC(CNCCCO)C(O)C(O)C2O)C(O)C1OC1OC(CO)C(O)C(N)C1O. The molecule has 20 nitrogen and oxygen atoms in total. The molecule has 20 heteroatoms. The minimum Gasteiger partial charge on any atom is -0.396 e. The Morgan fingerprint density at radius 3 is 2.14 bits per heavy atom. The van der Waals surface area contributed by atoms with E-state index in [0.717, 1.165) is 0 Å². The molecule has 15 unspecified atom stereocenters. The molecule has 2 amide bonds. The zero-order chi connectivity index (χ0) is 32.7. The molecule has 1 aliphatic carbocycles. The molecule has 44 heavy (non-hydrogen) atoms. The summed E-state index contributed by atoms with van der Waals surface area (Å²) in [6, 6.07) is -4.57. The van der Waals surface area contributed by atoms with Gasteiger partial charge in [0, 0.05) is 25.7 Å². The van der Waals surface area contributed by atoms with E-state index in [4.69, 9.17) is 41.3 Å². The zero-order valence-corrected chi connectivity index (χ0v) is 24.1. The van der Waals surface area contributed by atoms with Crippen molar-refractivity contribution in [3.63, 3.8) is 0 Å². The van der Waals surface area contributed by atoms with Gasteiger partial charge in [0.25, 0.3) is 0 Å². The van der Waals surface area contributed by atoms with Crippen LogP contribution in [0.15, 0.2) is 0 Å². The molecule has 2 aliphatic heterocycles. The number of nitrogens with one attached hydrogen (secondary N) is 2. The minimum atomic E-state index is -1.78. The highest BCUT2D eigenvalue weighted by atomic mass is 16.7. The number of amides is 2. The molecule has 0 bridgehead atoms. The fourth-order valence-electron chi connectivity index (χ4n) is 5.38. The van der Waals surface area contributed by atoms with Crippen LogP contribution in [0.5, 0.6) is 0 Å². The van der Waals surface area contributed by atoms with Crippen molar-refractivity contribution in [2.24, 2.45) is 17.2 Å². The summed E-state index contributed by atoms with van der Waals surface area (Å²) in [4.78, 5) is 12.6. The van der Waals surface area contributed by atoms with Crippen LogP contribution in [0.1, 0.15) is 12.8 Å². The molecule has 3 aliphatic rings. The van der Waals surface area contributed by atoms with E-state index in [0.29, 0.717) is 18.0 Å². The Balaban J connectivity index is 1.82. The van der Waals surface area contributed by atoms with Gasteiger partial charge < -0.3 is 87.6 Å². The maximum atomic E-state index is 12.6. The third-order valence-electron chi connectivity index (χ3n) is 7.95. The Labute approximate surface area is 253 Å². The Kier molecular flexibility index (Phi) is 14.3. The molecule has 258 valence electrons. The predicted molar refractivity (Wildman–Crippen MR) is 145 cm³/mol. The third kappa shape index (κ3) is 8.68. The first-order valence-electron chi connectivity index (χ1n) is 14.5. The summed E-state index contributed by atoms with van der Waals surface area (Å²) < 4.78 is 22.9. The number of ether oxygens (including phenoxy) is 4. The molecule has 0 aromatic heterocycles. The predicted octanol–water partition coefficient (Wildman–Crippen LogP) is -7.88. The molecule has 2 saturated heterocycles. The van der Waals surface area contributed by atoms with Crippen LogP contribution >= 0.6 is 0 Å². The maximum absolute atomic E-state index is 12.6. The van der Waals surface area contributed by atoms with E-state index in [1.807, 2.05) is 0 Å². The van der Waals surface area contributed by atoms with Crippen molar-refractivity contribution in [2.75, 3.05) is 39.4 Å². The summed E-state index contributed by atoms with van der Waals surface area (Å²) in [6.45, 7) is -0.685. The average molecular weight is 645 g/mol. The molecule has 0 radical (unpaired) electrons. The van der Waals surface area contributed by atoms with E-state index >= 15 is 0 Å². The van der Waals surface area contributed by atoms with Crippen LogP contribution in [-0.2, 0) is 18.9 Å². The quantitative estimate of drug-likeness (QED) is 0.0502. The van der Waals surface area contributed by atoms with Crippen molar-refractivity contribution in [1.29, 1.82) is 0 Å². The van der Waals surface area contributed by atoms with Crippen molar-refractivity contribution in [1.82, 2.24) is 15.7 Å².